The van der Waals surface area contributed by atoms with Gasteiger partial charge in [0.25, 0.3) is 0 Å². The van der Waals surface area contributed by atoms with Crippen LogP contribution < -0.4 is 5.73 Å². The summed E-state index contributed by atoms with van der Waals surface area (Å²) in [4.78, 5) is 0. The number of nitrogens with two attached hydrogens (primary N) is 1. The lowest BCUT2D eigenvalue weighted by Gasteiger charge is -2.37. The number of hydrogen-bond donors (Lipinski definition) is 1. The Morgan fingerprint density at radius 2 is 2.12 bits per heavy atom. The molecule has 1 heteroatoms. The Morgan fingerprint density at radius 1 is 1.38 bits per heavy atom. The topological polar surface area (TPSA) is 26.0 Å². The van der Waals surface area contributed by atoms with Gasteiger partial charge >= 0.3 is 0 Å². The fourth-order valence-electron chi connectivity index (χ4n) is 3.05. The lowest BCUT2D eigenvalue weighted by molar-refractivity contribution is 0.235. The highest BCUT2D eigenvalue weighted by atomic mass is 14.7. The fourth-order valence-corrected chi connectivity index (χ4v) is 3.05. The van der Waals surface area contributed by atoms with Crippen LogP contribution in [0.5, 0.6) is 0 Å². The van der Waals surface area contributed by atoms with Crippen LogP contribution in [0.15, 0.2) is 24.3 Å². The van der Waals surface area contributed by atoms with Crippen molar-refractivity contribution in [2.24, 2.45) is 11.7 Å². The van der Waals surface area contributed by atoms with Crippen LogP contribution >= 0.6 is 0 Å². The molecule has 0 bridgehead atoms. The molecule has 0 aliphatic heterocycles. The van der Waals surface area contributed by atoms with E-state index in [1.165, 1.54) is 36.8 Å². The lowest BCUT2D eigenvalue weighted by atomic mass is 9.73. The first-order chi connectivity index (χ1) is 7.59. The Balaban J connectivity index is 2.11. The van der Waals surface area contributed by atoms with E-state index in [-0.39, 0.29) is 5.54 Å². The van der Waals surface area contributed by atoms with E-state index in [0.717, 1.165) is 12.3 Å². The van der Waals surface area contributed by atoms with Gasteiger partial charge in [0.2, 0.25) is 0 Å². The van der Waals surface area contributed by atoms with E-state index in [0.29, 0.717) is 0 Å². The summed E-state index contributed by atoms with van der Waals surface area (Å²) in [5.74, 6) is 0.794. The standard InChI is InChI=1S/C15H23N/c1-12-6-5-9-15(16,10-12)11-14-8-4-3-7-13(14)2/h3-4,7-8,12H,5-6,9-11,16H2,1-2H3. The minimum absolute atomic E-state index is 0.0454. The van der Waals surface area contributed by atoms with Gasteiger partial charge in [-0.3, -0.25) is 0 Å². The monoisotopic (exact) mass is 217 g/mol. The van der Waals surface area contributed by atoms with Crippen molar-refractivity contribution in [3.8, 4) is 0 Å². The molecule has 2 rings (SSSR count). The molecule has 0 spiro atoms. The van der Waals surface area contributed by atoms with Crippen LogP contribution in [-0.2, 0) is 6.42 Å². The molecule has 1 nitrogen and oxygen atoms in total. The average Bonchev–Trinajstić information content (AvgIpc) is 2.21. The van der Waals surface area contributed by atoms with Gasteiger partial charge in [-0.15, -0.1) is 0 Å². The molecule has 0 aromatic heterocycles. The highest BCUT2D eigenvalue weighted by molar-refractivity contribution is 5.27. The molecule has 2 unspecified atom stereocenters. The van der Waals surface area contributed by atoms with Crippen molar-refractivity contribution in [2.75, 3.05) is 0 Å². The molecule has 2 N–H and O–H groups in total. The average molecular weight is 217 g/mol. The zero-order valence-electron chi connectivity index (χ0n) is 10.5. The van der Waals surface area contributed by atoms with Crippen LogP contribution in [0.25, 0.3) is 0 Å². The van der Waals surface area contributed by atoms with Crippen LogP contribution in [0.2, 0.25) is 0 Å². The SMILES string of the molecule is Cc1ccccc1CC1(N)CCCC(C)C1. The van der Waals surface area contributed by atoms with Crippen molar-refractivity contribution < 1.29 is 0 Å². The first-order valence-electron chi connectivity index (χ1n) is 6.42. The number of benzene rings is 1. The van der Waals surface area contributed by atoms with Crippen LogP contribution in [0.4, 0.5) is 0 Å². The van der Waals surface area contributed by atoms with Crippen LogP contribution in [0, 0.1) is 12.8 Å². The Hall–Kier alpha value is -0.820. The van der Waals surface area contributed by atoms with Gasteiger partial charge in [0, 0.05) is 5.54 Å². The zero-order valence-corrected chi connectivity index (χ0v) is 10.5. The maximum absolute atomic E-state index is 6.55. The second-order valence-corrected chi connectivity index (χ2v) is 5.67. The third kappa shape index (κ3) is 2.65. The molecular weight excluding hydrogens is 194 g/mol. The van der Waals surface area contributed by atoms with Gasteiger partial charge in [-0.05, 0) is 43.2 Å². The fraction of sp³-hybridized carbons (Fsp3) is 0.600. The van der Waals surface area contributed by atoms with Crippen molar-refractivity contribution in [3.05, 3.63) is 35.4 Å². The molecule has 1 aromatic rings. The summed E-state index contributed by atoms with van der Waals surface area (Å²) in [6, 6.07) is 8.64. The van der Waals surface area contributed by atoms with Gasteiger partial charge in [-0.2, -0.15) is 0 Å². The van der Waals surface area contributed by atoms with Crippen molar-refractivity contribution in [1.82, 2.24) is 0 Å². The molecule has 1 aliphatic rings. The zero-order chi connectivity index (χ0) is 11.6. The lowest BCUT2D eigenvalue weighted by Crippen LogP contribution is -2.45. The highest BCUT2D eigenvalue weighted by Crippen LogP contribution is 2.33. The van der Waals surface area contributed by atoms with E-state index in [1.807, 2.05) is 0 Å². The molecule has 1 saturated carbocycles. The molecule has 0 amide bonds. The maximum Gasteiger partial charge on any atom is 0.0197 e. The van der Waals surface area contributed by atoms with Gasteiger partial charge in [0.05, 0.1) is 0 Å². The van der Waals surface area contributed by atoms with E-state index in [1.54, 1.807) is 0 Å². The Bertz CT molecular complexity index is 358. The van der Waals surface area contributed by atoms with Gasteiger partial charge < -0.3 is 5.73 Å². The maximum atomic E-state index is 6.55. The molecule has 0 heterocycles. The quantitative estimate of drug-likeness (QED) is 0.806. The van der Waals surface area contributed by atoms with Crippen molar-refractivity contribution >= 4 is 0 Å². The third-order valence-corrected chi connectivity index (χ3v) is 3.93. The second-order valence-electron chi connectivity index (χ2n) is 5.67. The number of hydrogen-bond acceptors (Lipinski definition) is 1. The van der Waals surface area contributed by atoms with Crippen LogP contribution in [-0.4, -0.2) is 5.54 Å². The smallest absolute Gasteiger partial charge is 0.0197 e. The first-order valence-corrected chi connectivity index (χ1v) is 6.42. The van der Waals surface area contributed by atoms with Gasteiger partial charge in [-0.1, -0.05) is 44.0 Å². The first kappa shape index (κ1) is 11.7. The van der Waals surface area contributed by atoms with E-state index < -0.39 is 0 Å². The Labute approximate surface area is 99.0 Å². The minimum atomic E-state index is 0.0454. The Morgan fingerprint density at radius 3 is 2.81 bits per heavy atom. The molecule has 1 fully saturated rings. The molecule has 0 saturated heterocycles. The van der Waals surface area contributed by atoms with Gasteiger partial charge in [-0.25, -0.2) is 0 Å². The molecule has 1 aromatic carbocycles. The predicted molar refractivity (Wildman–Crippen MR) is 69.4 cm³/mol. The van der Waals surface area contributed by atoms with E-state index in [9.17, 15) is 0 Å². The summed E-state index contributed by atoms with van der Waals surface area (Å²) in [5, 5.41) is 0. The van der Waals surface area contributed by atoms with E-state index in [4.69, 9.17) is 5.73 Å². The van der Waals surface area contributed by atoms with E-state index in [2.05, 4.69) is 38.1 Å². The van der Waals surface area contributed by atoms with Crippen molar-refractivity contribution in [3.63, 3.8) is 0 Å². The molecule has 1 aliphatic carbocycles. The van der Waals surface area contributed by atoms with Gasteiger partial charge in [0.15, 0.2) is 0 Å². The highest BCUT2D eigenvalue weighted by Gasteiger charge is 2.31. The molecule has 16 heavy (non-hydrogen) atoms. The minimum Gasteiger partial charge on any atom is -0.325 e. The molecule has 88 valence electrons. The molecule has 2 atom stereocenters. The predicted octanol–water partition coefficient (Wildman–Crippen LogP) is 3.45. The summed E-state index contributed by atoms with van der Waals surface area (Å²) in [5.41, 5.74) is 9.41. The molecule has 0 radical (unpaired) electrons. The second kappa shape index (κ2) is 4.58. The number of aryl methyl sites for hydroxylation is 1. The summed E-state index contributed by atoms with van der Waals surface area (Å²) < 4.78 is 0. The summed E-state index contributed by atoms with van der Waals surface area (Å²) in [6.07, 6.45) is 6.06. The molecular formula is C15H23N. The van der Waals surface area contributed by atoms with Crippen LogP contribution in [0.1, 0.15) is 43.7 Å². The van der Waals surface area contributed by atoms with Crippen molar-refractivity contribution in [1.29, 1.82) is 0 Å². The van der Waals surface area contributed by atoms with Crippen LogP contribution in [0.3, 0.4) is 0 Å². The van der Waals surface area contributed by atoms with Gasteiger partial charge in [0.1, 0.15) is 0 Å². The van der Waals surface area contributed by atoms with E-state index >= 15 is 0 Å². The Kier molecular flexibility index (Phi) is 3.34. The normalized spacial score (nSPS) is 30.3. The number of rotatable bonds is 2. The third-order valence-electron chi connectivity index (χ3n) is 3.93. The summed E-state index contributed by atoms with van der Waals surface area (Å²) >= 11 is 0. The summed E-state index contributed by atoms with van der Waals surface area (Å²) in [6.45, 7) is 4.52. The summed E-state index contributed by atoms with van der Waals surface area (Å²) in [7, 11) is 0. The largest absolute Gasteiger partial charge is 0.325 e. The van der Waals surface area contributed by atoms with Crippen molar-refractivity contribution in [2.45, 2.75) is 51.5 Å².